The second-order valence-corrected chi connectivity index (χ2v) is 8.38. The van der Waals surface area contributed by atoms with E-state index in [2.05, 4.69) is 10.2 Å². The Morgan fingerprint density at radius 2 is 1.97 bits per heavy atom. The van der Waals surface area contributed by atoms with Crippen LogP contribution in [0.25, 0.3) is 0 Å². The molecule has 3 atom stereocenters. The molecular formula is C23H37N3O6. The number of carbonyl (C=O) groups is 1. The molecule has 9 heteroatoms. The smallest absolute Gasteiger partial charge is 0.219 e. The van der Waals surface area contributed by atoms with Crippen molar-refractivity contribution < 1.29 is 29.2 Å². The predicted octanol–water partition coefficient (Wildman–Crippen LogP) is 0.229. The van der Waals surface area contributed by atoms with Crippen molar-refractivity contribution in [3.05, 3.63) is 23.8 Å². The highest BCUT2D eigenvalue weighted by Gasteiger charge is 2.30. The molecule has 1 aromatic rings. The van der Waals surface area contributed by atoms with Gasteiger partial charge in [-0.15, -0.1) is 0 Å². The van der Waals surface area contributed by atoms with Crippen molar-refractivity contribution in [1.82, 2.24) is 15.1 Å². The van der Waals surface area contributed by atoms with E-state index in [1.165, 1.54) is 11.8 Å². The summed E-state index contributed by atoms with van der Waals surface area (Å²) in [7, 11) is 0. The van der Waals surface area contributed by atoms with Crippen LogP contribution in [-0.4, -0.2) is 103 Å². The Labute approximate surface area is 190 Å². The Hall–Kier alpha value is -1.91. The van der Waals surface area contributed by atoms with E-state index in [1.54, 1.807) is 0 Å². The normalized spacial score (nSPS) is 24.8. The number of aliphatic hydroxyl groups is 2. The molecule has 0 aromatic heterocycles. The fraction of sp³-hybridized carbons (Fsp3) is 0.696. The second kappa shape index (κ2) is 12.4. The van der Waals surface area contributed by atoms with E-state index in [0.29, 0.717) is 37.7 Å². The van der Waals surface area contributed by atoms with E-state index in [-0.39, 0.29) is 25.0 Å². The standard InChI is InChI=1S/C23H37N3O6/c1-3-31-23-12-18(4-5-22(23)32-11-8-25-6-9-30-10-7-25)14-24-20-13-19(28)15-26(17(2)27)16-21(20)29/h4-5,12,19-21,24,28-29H,3,6-11,13-16H2,1-2H3/t19-,20-,21-/m1/s1. The molecule has 3 N–H and O–H groups in total. The van der Waals surface area contributed by atoms with Crippen LogP contribution >= 0.6 is 0 Å². The van der Waals surface area contributed by atoms with Crippen molar-refractivity contribution in [2.45, 2.75) is 45.1 Å². The van der Waals surface area contributed by atoms with Crippen LogP contribution in [0.5, 0.6) is 11.5 Å². The van der Waals surface area contributed by atoms with Crippen molar-refractivity contribution in [3.8, 4) is 11.5 Å². The molecule has 1 amide bonds. The van der Waals surface area contributed by atoms with Crippen LogP contribution in [0.3, 0.4) is 0 Å². The Balaban J connectivity index is 1.55. The van der Waals surface area contributed by atoms with E-state index in [4.69, 9.17) is 14.2 Å². The van der Waals surface area contributed by atoms with E-state index >= 15 is 0 Å². The molecule has 0 radical (unpaired) electrons. The lowest BCUT2D eigenvalue weighted by molar-refractivity contribution is -0.131. The van der Waals surface area contributed by atoms with Gasteiger partial charge in [-0.25, -0.2) is 0 Å². The summed E-state index contributed by atoms with van der Waals surface area (Å²) in [6, 6.07) is 5.52. The molecule has 9 nitrogen and oxygen atoms in total. The van der Waals surface area contributed by atoms with Gasteiger partial charge in [0, 0.05) is 52.2 Å². The Morgan fingerprint density at radius 1 is 1.19 bits per heavy atom. The summed E-state index contributed by atoms with van der Waals surface area (Å²) in [5.74, 6) is 1.26. The molecule has 2 fully saturated rings. The number of ether oxygens (including phenoxy) is 3. The SMILES string of the molecule is CCOc1cc(CN[C@@H]2C[C@@H](O)CN(C(C)=O)C[C@H]2O)ccc1OCCN1CCOCC1. The summed E-state index contributed by atoms with van der Waals surface area (Å²) < 4.78 is 17.2. The van der Waals surface area contributed by atoms with Crippen LogP contribution in [0.4, 0.5) is 0 Å². The number of hydrogen-bond donors (Lipinski definition) is 3. The maximum Gasteiger partial charge on any atom is 0.219 e. The molecule has 1 aromatic carbocycles. The zero-order valence-corrected chi connectivity index (χ0v) is 19.2. The van der Waals surface area contributed by atoms with Crippen LogP contribution in [-0.2, 0) is 16.1 Å². The van der Waals surface area contributed by atoms with Gasteiger partial charge < -0.3 is 34.6 Å². The number of β-amino-alcohol motifs (C(OH)–C–C–N with tert-alkyl or cyclic N) is 2. The van der Waals surface area contributed by atoms with Crippen LogP contribution < -0.4 is 14.8 Å². The lowest BCUT2D eigenvalue weighted by Gasteiger charge is -2.26. The first-order valence-corrected chi connectivity index (χ1v) is 11.5. The van der Waals surface area contributed by atoms with Crippen molar-refractivity contribution in [2.75, 3.05) is 59.2 Å². The minimum atomic E-state index is -0.745. The third-order valence-corrected chi connectivity index (χ3v) is 5.92. The second-order valence-electron chi connectivity index (χ2n) is 8.38. The number of morpholine rings is 1. The minimum Gasteiger partial charge on any atom is -0.490 e. The molecular weight excluding hydrogens is 414 g/mol. The zero-order chi connectivity index (χ0) is 22.9. The fourth-order valence-electron chi connectivity index (χ4n) is 4.09. The third kappa shape index (κ3) is 7.31. The molecule has 180 valence electrons. The van der Waals surface area contributed by atoms with Gasteiger partial charge in [0.1, 0.15) is 6.61 Å². The molecule has 2 saturated heterocycles. The summed E-state index contributed by atoms with van der Waals surface area (Å²) in [5, 5.41) is 24.1. The molecule has 0 aliphatic carbocycles. The van der Waals surface area contributed by atoms with Crippen LogP contribution in [0, 0.1) is 0 Å². The topological polar surface area (TPSA) is 104 Å². The molecule has 0 unspecified atom stereocenters. The van der Waals surface area contributed by atoms with Crippen molar-refractivity contribution in [3.63, 3.8) is 0 Å². The van der Waals surface area contributed by atoms with Gasteiger partial charge in [0.15, 0.2) is 11.5 Å². The summed E-state index contributed by atoms with van der Waals surface area (Å²) in [5.41, 5.74) is 0.989. The summed E-state index contributed by atoms with van der Waals surface area (Å²) >= 11 is 0. The number of benzene rings is 1. The number of nitrogens with one attached hydrogen (secondary N) is 1. The zero-order valence-electron chi connectivity index (χ0n) is 19.2. The third-order valence-electron chi connectivity index (χ3n) is 5.92. The molecule has 2 aliphatic heterocycles. The number of rotatable bonds is 9. The Kier molecular flexibility index (Phi) is 9.55. The highest BCUT2D eigenvalue weighted by atomic mass is 16.5. The maximum absolute atomic E-state index is 11.7. The number of nitrogens with zero attached hydrogens (tertiary/aromatic N) is 2. The van der Waals surface area contributed by atoms with Gasteiger partial charge in [0.25, 0.3) is 0 Å². The highest BCUT2D eigenvalue weighted by molar-refractivity contribution is 5.73. The number of amides is 1. The van der Waals surface area contributed by atoms with Gasteiger partial charge in [0.05, 0.1) is 32.0 Å². The monoisotopic (exact) mass is 451 g/mol. The molecule has 3 rings (SSSR count). The van der Waals surface area contributed by atoms with Crippen molar-refractivity contribution in [1.29, 1.82) is 0 Å². The molecule has 32 heavy (non-hydrogen) atoms. The quantitative estimate of drug-likeness (QED) is 0.490. The number of hydrogen-bond acceptors (Lipinski definition) is 8. The Morgan fingerprint density at radius 3 is 2.69 bits per heavy atom. The first kappa shape index (κ1) is 24.7. The average molecular weight is 452 g/mol. The minimum absolute atomic E-state index is 0.144. The van der Waals surface area contributed by atoms with E-state index in [0.717, 1.165) is 38.4 Å². The maximum atomic E-state index is 11.7. The first-order valence-electron chi connectivity index (χ1n) is 11.5. The highest BCUT2D eigenvalue weighted by Crippen LogP contribution is 2.29. The average Bonchev–Trinajstić information content (AvgIpc) is 2.92. The molecule has 0 saturated carbocycles. The van der Waals surface area contributed by atoms with Crippen LogP contribution in [0.15, 0.2) is 18.2 Å². The Bertz CT molecular complexity index is 728. The van der Waals surface area contributed by atoms with Gasteiger partial charge in [-0.3, -0.25) is 9.69 Å². The van der Waals surface area contributed by atoms with Gasteiger partial charge in [-0.05, 0) is 31.0 Å². The number of aliphatic hydroxyl groups excluding tert-OH is 2. The number of carbonyl (C=O) groups excluding carboxylic acids is 1. The lowest BCUT2D eigenvalue weighted by atomic mass is 10.0. The van der Waals surface area contributed by atoms with E-state index in [9.17, 15) is 15.0 Å². The molecule has 2 aliphatic rings. The molecule has 0 bridgehead atoms. The van der Waals surface area contributed by atoms with Crippen molar-refractivity contribution >= 4 is 5.91 Å². The van der Waals surface area contributed by atoms with Crippen molar-refractivity contribution in [2.24, 2.45) is 0 Å². The van der Waals surface area contributed by atoms with Gasteiger partial charge in [0.2, 0.25) is 5.91 Å². The molecule has 2 heterocycles. The largest absolute Gasteiger partial charge is 0.490 e. The predicted molar refractivity (Wildman–Crippen MR) is 120 cm³/mol. The van der Waals surface area contributed by atoms with Gasteiger partial charge >= 0.3 is 0 Å². The van der Waals surface area contributed by atoms with Crippen LogP contribution in [0.2, 0.25) is 0 Å². The van der Waals surface area contributed by atoms with E-state index in [1.807, 2.05) is 25.1 Å². The van der Waals surface area contributed by atoms with Crippen LogP contribution in [0.1, 0.15) is 25.8 Å². The number of likely N-dealkylation sites (tertiary alicyclic amines) is 1. The summed E-state index contributed by atoms with van der Waals surface area (Å²) in [6.45, 7) is 9.70. The first-order chi connectivity index (χ1) is 15.5. The molecule has 0 spiro atoms. The fourth-order valence-corrected chi connectivity index (χ4v) is 4.09. The van der Waals surface area contributed by atoms with E-state index < -0.39 is 12.2 Å². The summed E-state index contributed by atoms with van der Waals surface area (Å²) in [4.78, 5) is 15.5. The summed E-state index contributed by atoms with van der Waals surface area (Å²) in [6.07, 6.45) is -1.04. The van der Waals surface area contributed by atoms with Gasteiger partial charge in [-0.2, -0.15) is 0 Å². The lowest BCUT2D eigenvalue weighted by Crippen LogP contribution is -2.44. The van der Waals surface area contributed by atoms with Gasteiger partial charge in [-0.1, -0.05) is 6.07 Å².